The van der Waals surface area contributed by atoms with Gasteiger partial charge < -0.3 is 4.74 Å². The molecule has 0 aliphatic carbocycles. The van der Waals surface area contributed by atoms with Gasteiger partial charge >= 0.3 is 5.97 Å². The van der Waals surface area contributed by atoms with Crippen LogP contribution in [0.5, 0.6) is 0 Å². The molecule has 0 heterocycles. The number of hydrogen-bond donors (Lipinski definition) is 0. The predicted molar refractivity (Wildman–Crippen MR) is 58.8 cm³/mol. The molecule has 1 aromatic rings. The van der Waals surface area contributed by atoms with Crippen LogP contribution in [0.2, 0.25) is 5.02 Å². The monoisotopic (exact) mass is 248 g/mol. The number of carbonyl (C=O) groups is 1. The van der Waals surface area contributed by atoms with Gasteiger partial charge in [-0.3, -0.25) is 4.79 Å². The Kier molecular flexibility index (Phi) is 4.91. The van der Waals surface area contributed by atoms with Crippen molar-refractivity contribution in [1.29, 1.82) is 0 Å². The third-order valence-corrected chi connectivity index (χ3v) is 3.03. The fourth-order valence-corrected chi connectivity index (χ4v) is 2.07. The van der Waals surface area contributed by atoms with Gasteiger partial charge in [-0.05, 0) is 12.1 Å². The van der Waals surface area contributed by atoms with Crippen molar-refractivity contribution in [2.75, 3.05) is 12.9 Å². The summed E-state index contributed by atoms with van der Waals surface area (Å²) < 4.78 is 17.8. The molecule has 0 bridgehead atoms. The first kappa shape index (κ1) is 12.3. The zero-order chi connectivity index (χ0) is 11.3. The highest BCUT2D eigenvalue weighted by Gasteiger charge is 2.07. The van der Waals surface area contributed by atoms with Crippen molar-refractivity contribution in [3.63, 3.8) is 0 Å². The first-order valence-corrected chi connectivity index (χ1v) is 5.65. The summed E-state index contributed by atoms with van der Waals surface area (Å²) in [4.78, 5) is 11.2. The van der Waals surface area contributed by atoms with Gasteiger partial charge in [0.15, 0.2) is 5.82 Å². The number of benzene rings is 1. The van der Waals surface area contributed by atoms with Crippen molar-refractivity contribution in [1.82, 2.24) is 0 Å². The molecule has 0 aromatic heterocycles. The molecule has 0 unspecified atom stereocenters. The lowest BCUT2D eigenvalue weighted by atomic mass is 10.3. The average molecular weight is 249 g/mol. The smallest absolute Gasteiger partial charge is 0.306 e. The molecular formula is C10H10ClFO2S. The summed E-state index contributed by atoms with van der Waals surface area (Å²) >= 11 is 6.85. The van der Waals surface area contributed by atoms with E-state index in [-0.39, 0.29) is 17.4 Å². The summed E-state index contributed by atoms with van der Waals surface area (Å²) in [5.41, 5.74) is 0. The van der Waals surface area contributed by atoms with Crippen molar-refractivity contribution < 1.29 is 13.9 Å². The second-order valence-corrected chi connectivity index (χ2v) is 4.27. The second-order valence-electron chi connectivity index (χ2n) is 2.73. The van der Waals surface area contributed by atoms with Gasteiger partial charge in [-0.1, -0.05) is 17.7 Å². The lowest BCUT2D eigenvalue weighted by Crippen LogP contribution is -2.01. The molecule has 82 valence electrons. The van der Waals surface area contributed by atoms with Gasteiger partial charge in [0, 0.05) is 10.6 Å². The van der Waals surface area contributed by atoms with Gasteiger partial charge in [0.25, 0.3) is 0 Å². The molecule has 5 heteroatoms. The molecule has 2 nitrogen and oxygen atoms in total. The SMILES string of the molecule is COC(=O)CCSc1cccc(Cl)c1F. The number of esters is 1. The number of halogens is 2. The van der Waals surface area contributed by atoms with Crippen LogP contribution in [-0.4, -0.2) is 18.8 Å². The Labute approximate surface area is 96.8 Å². The largest absolute Gasteiger partial charge is 0.469 e. The minimum Gasteiger partial charge on any atom is -0.469 e. The van der Waals surface area contributed by atoms with E-state index in [4.69, 9.17) is 11.6 Å². The molecule has 0 fully saturated rings. The first-order valence-electron chi connectivity index (χ1n) is 4.28. The Morgan fingerprint density at radius 2 is 2.33 bits per heavy atom. The van der Waals surface area contributed by atoms with Gasteiger partial charge in [-0.25, -0.2) is 4.39 Å². The Morgan fingerprint density at radius 3 is 3.00 bits per heavy atom. The molecule has 0 radical (unpaired) electrons. The van der Waals surface area contributed by atoms with Crippen LogP contribution in [0, 0.1) is 5.82 Å². The van der Waals surface area contributed by atoms with Gasteiger partial charge in [0.1, 0.15) is 0 Å². The molecule has 1 rings (SSSR count). The molecule has 0 N–H and O–H groups in total. The average Bonchev–Trinajstić information content (AvgIpc) is 2.24. The first-order chi connectivity index (χ1) is 7.15. The molecule has 0 amide bonds. The molecule has 0 saturated heterocycles. The third-order valence-electron chi connectivity index (χ3n) is 1.71. The summed E-state index contributed by atoms with van der Waals surface area (Å²) in [5.74, 6) is -0.261. The molecule has 0 spiro atoms. The van der Waals surface area contributed by atoms with E-state index in [0.717, 1.165) is 0 Å². The molecule has 1 aromatic carbocycles. The highest BCUT2D eigenvalue weighted by Crippen LogP contribution is 2.27. The van der Waals surface area contributed by atoms with E-state index in [0.29, 0.717) is 10.6 Å². The molecule has 0 saturated carbocycles. The summed E-state index contributed by atoms with van der Waals surface area (Å²) in [6, 6.07) is 4.79. The van der Waals surface area contributed by atoms with Crippen LogP contribution in [0.15, 0.2) is 23.1 Å². The highest BCUT2D eigenvalue weighted by atomic mass is 35.5. The molecule has 0 aliphatic rings. The van der Waals surface area contributed by atoms with Gasteiger partial charge in [-0.2, -0.15) is 0 Å². The minimum atomic E-state index is -0.436. The fraction of sp³-hybridized carbons (Fsp3) is 0.300. The number of methoxy groups -OCH3 is 1. The Bertz CT molecular complexity index is 357. The minimum absolute atomic E-state index is 0.0954. The van der Waals surface area contributed by atoms with E-state index in [1.54, 1.807) is 12.1 Å². The van der Waals surface area contributed by atoms with Crippen molar-refractivity contribution in [3.8, 4) is 0 Å². The van der Waals surface area contributed by atoms with Crippen LogP contribution < -0.4 is 0 Å². The maximum Gasteiger partial charge on any atom is 0.306 e. The lowest BCUT2D eigenvalue weighted by molar-refractivity contribution is -0.140. The zero-order valence-corrected chi connectivity index (χ0v) is 9.70. The van der Waals surface area contributed by atoms with E-state index in [2.05, 4.69) is 4.74 Å². The van der Waals surface area contributed by atoms with Crippen molar-refractivity contribution in [3.05, 3.63) is 29.0 Å². The predicted octanol–water partition coefficient (Wildman–Crippen LogP) is 3.13. The summed E-state index contributed by atoms with van der Waals surface area (Å²) in [5, 5.41) is 0.0954. The number of rotatable bonds is 4. The number of carbonyl (C=O) groups excluding carboxylic acids is 1. The number of thioether (sulfide) groups is 1. The van der Waals surface area contributed by atoms with Crippen LogP contribution in [-0.2, 0) is 9.53 Å². The van der Waals surface area contributed by atoms with Crippen LogP contribution in [0.1, 0.15) is 6.42 Å². The topological polar surface area (TPSA) is 26.3 Å². The van der Waals surface area contributed by atoms with Crippen molar-refractivity contribution >= 4 is 29.3 Å². The van der Waals surface area contributed by atoms with Crippen LogP contribution in [0.4, 0.5) is 4.39 Å². The van der Waals surface area contributed by atoms with E-state index >= 15 is 0 Å². The maximum atomic E-state index is 13.3. The van der Waals surface area contributed by atoms with E-state index < -0.39 is 5.82 Å². The Hall–Kier alpha value is -0.740. The third kappa shape index (κ3) is 3.72. The Morgan fingerprint density at radius 1 is 1.60 bits per heavy atom. The highest BCUT2D eigenvalue weighted by molar-refractivity contribution is 7.99. The van der Waals surface area contributed by atoms with Gasteiger partial charge in [-0.15, -0.1) is 11.8 Å². The van der Waals surface area contributed by atoms with Crippen molar-refractivity contribution in [2.24, 2.45) is 0 Å². The maximum absolute atomic E-state index is 13.3. The summed E-state index contributed by atoms with van der Waals surface area (Å²) in [6.07, 6.45) is 0.257. The van der Waals surface area contributed by atoms with Crippen LogP contribution in [0.3, 0.4) is 0 Å². The normalized spacial score (nSPS) is 10.1. The van der Waals surface area contributed by atoms with Gasteiger partial charge in [0.05, 0.1) is 18.6 Å². The summed E-state index contributed by atoms with van der Waals surface area (Å²) in [7, 11) is 1.33. The summed E-state index contributed by atoms with van der Waals surface area (Å²) in [6.45, 7) is 0. The van der Waals surface area contributed by atoms with Gasteiger partial charge in [0.2, 0.25) is 0 Å². The fourth-order valence-electron chi connectivity index (χ4n) is 0.942. The lowest BCUT2D eigenvalue weighted by Gasteiger charge is -2.03. The van der Waals surface area contributed by atoms with Crippen molar-refractivity contribution in [2.45, 2.75) is 11.3 Å². The van der Waals surface area contributed by atoms with Crippen LogP contribution in [0.25, 0.3) is 0 Å². The molecule has 0 aliphatic heterocycles. The number of ether oxygens (including phenoxy) is 1. The van der Waals surface area contributed by atoms with Crippen LogP contribution >= 0.6 is 23.4 Å². The standard InChI is InChI=1S/C10H10ClFO2S/c1-14-9(13)5-6-15-8-4-2-3-7(11)10(8)12/h2-4H,5-6H2,1H3. The number of hydrogen-bond acceptors (Lipinski definition) is 3. The van der Waals surface area contributed by atoms with E-state index in [1.807, 2.05) is 0 Å². The quantitative estimate of drug-likeness (QED) is 0.605. The van der Waals surface area contributed by atoms with E-state index in [1.165, 1.54) is 24.9 Å². The Balaban J connectivity index is 2.51. The van der Waals surface area contributed by atoms with E-state index in [9.17, 15) is 9.18 Å². The molecule has 0 atom stereocenters. The molecule has 15 heavy (non-hydrogen) atoms. The zero-order valence-electron chi connectivity index (χ0n) is 8.13. The molecular weight excluding hydrogens is 239 g/mol. The second kappa shape index (κ2) is 5.98.